The van der Waals surface area contributed by atoms with Gasteiger partial charge in [-0.05, 0) is 19.1 Å². The minimum atomic E-state index is -0.767. The molecule has 2 aliphatic rings. The fourth-order valence-electron chi connectivity index (χ4n) is 3.50. The van der Waals surface area contributed by atoms with Gasteiger partial charge in [0.25, 0.3) is 0 Å². The van der Waals surface area contributed by atoms with Gasteiger partial charge in [0.1, 0.15) is 5.54 Å². The number of carbonyl (C=O) groups is 1. The molecule has 1 saturated carbocycles. The zero-order valence-corrected chi connectivity index (χ0v) is 13.2. The molecule has 0 spiro atoms. The van der Waals surface area contributed by atoms with Crippen molar-refractivity contribution in [2.45, 2.75) is 50.5 Å². The maximum Gasteiger partial charge on any atom is 0.241 e. The molecule has 4 atom stereocenters. The fraction of sp³-hybridized carbons (Fsp3) is 0.929. The van der Waals surface area contributed by atoms with Gasteiger partial charge < -0.3 is 15.8 Å². The summed E-state index contributed by atoms with van der Waals surface area (Å²) < 4.78 is 5.71. The van der Waals surface area contributed by atoms with Gasteiger partial charge in [-0.15, -0.1) is 0 Å². The predicted octanol–water partition coefficient (Wildman–Crippen LogP) is 1.39. The average molecular weight is 286 g/mol. The lowest BCUT2D eigenvalue weighted by Crippen LogP contribution is -2.80. The number of thioether (sulfide) groups is 1. The van der Waals surface area contributed by atoms with E-state index in [2.05, 4.69) is 18.5 Å². The highest BCUT2D eigenvalue weighted by molar-refractivity contribution is 7.99. The van der Waals surface area contributed by atoms with Crippen LogP contribution in [0.15, 0.2) is 0 Å². The van der Waals surface area contributed by atoms with Crippen LogP contribution >= 0.6 is 11.8 Å². The summed E-state index contributed by atoms with van der Waals surface area (Å²) in [6.07, 6.45) is 4.12. The largest absolute Gasteiger partial charge is 0.377 e. The number of fused-ring (bicyclic) bond motifs is 1. The van der Waals surface area contributed by atoms with Crippen LogP contribution in [0.3, 0.4) is 0 Å². The van der Waals surface area contributed by atoms with Crippen LogP contribution in [0.2, 0.25) is 0 Å². The number of nitrogens with one attached hydrogen (secondary N) is 1. The lowest BCUT2D eigenvalue weighted by atomic mass is 9.48. The Morgan fingerprint density at radius 2 is 2.26 bits per heavy atom. The Morgan fingerprint density at radius 3 is 2.89 bits per heavy atom. The predicted molar refractivity (Wildman–Crippen MR) is 79.2 cm³/mol. The molecule has 2 fully saturated rings. The standard InChI is InChI=1S/C14H26N2O2S/c1-9(19-4)5-7-16-12(17)14(15)10-6-8-18-11(10)13(14,2)3/h9-11H,5-8,15H2,1-4H3,(H,16,17). The van der Waals surface area contributed by atoms with Gasteiger partial charge in [0.15, 0.2) is 0 Å². The van der Waals surface area contributed by atoms with E-state index in [0.717, 1.165) is 19.4 Å². The van der Waals surface area contributed by atoms with Crippen LogP contribution in [0.25, 0.3) is 0 Å². The molecule has 0 bridgehead atoms. The Labute approximate surface area is 120 Å². The number of rotatable bonds is 5. The van der Waals surface area contributed by atoms with E-state index in [9.17, 15) is 4.79 Å². The Bertz CT molecular complexity index is 361. The highest BCUT2D eigenvalue weighted by Crippen LogP contribution is 2.58. The zero-order chi connectivity index (χ0) is 14.3. The van der Waals surface area contributed by atoms with Crippen molar-refractivity contribution in [3.8, 4) is 0 Å². The first-order valence-electron chi connectivity index (χ1n) is 7.07. The van der Waals surface area contributed by atoms with Gasteiger partial charge in [0.2, 0.25) is 5.91 Å². The molecule has 1 heterocycles. The second-order valence-corrected chi connectivity index (χ2v) is 7.64. The van der Waals surface area contributed by atoms with Crippen LogP contribution in [0.1, 0.15) is 33.6 Å². The number of carbonyl (C=O) groups excluding carboxylic acids is 1. The van der Waals surface area contributed by atoms with Crippen molar-refractivity contribution in [2.75, 3.05) is 19.4 Å². The fourth-order valence-corrected chi connectivity index (χ4v) is 3.85. The molecule has 1 aliphatic carbocycles. The lowest BCUT2D eigenvalue weighted by Gasteiger charge is -2.60. The second-order valence-electron chi connectivity index (χ2n) is 6.37. The monoisotopic (exact) mass is 286 g/mol. The average Bonchev–Trinajstić information content (AvgIpc) is 2.85. The van der Waals surface area contributed by atoms with E-state index in [4.69, 9.17) is 10.5 Å². The summed E-state index contributed by atoms with van der Waals surface area (Å²) in [7, 11) is 0. The quantitative estimate of drug-likeness (QED) is 0.801. The number of hydrogen-bond donors (Lipinski definition) is 2. The molecular weight excluding hydrogens is 260 g/mol. The topological polar surface area (TPSA) is 64.4 Å². The Hall–Kier alpha value is -0.260. The minimum absolute atomic E-state index is 0.00227. The van der Waals surface area contributed by atoms with E-state index < -0.39 is 5.54 Å². The number of amides is 1. The van der Waals surface area contributed by atoms with Gasteiger partial charge in [-0.1, -0.05) is 20.8 Å². The number of hydrogen-bond acceptors (Lipinski definition) is 4. The van der Waals surface area contributed by atoms with Crippen LogP contribution in [0.4, 0.5) is 0 Å². The third-order valence-corrected chi connectivity index (χ3v) is 6.11. The number of ether oxygens (including phenoxy) is 1. The van der Waals surface area contributed by atoms with Crippen LogP contribution in [0.5, 0.6) is 0 Å². The highest BCUT2D eigenvalue weighted by atomic mass is 32.2. The summed E-state index contributed by atoms with van der Waals surface area (Å²) in [5.41, 5.74) is 5.42. The lowest BCUT2D eigenvalue weighted by molar-refractivity contribution is -0.175. The number of nitrogens with two attached hydrogens (primary N) is 1. The molecule has 0 aromatic carbocycles. The molecule has 0 aromatic rings. The third kappa shape index (κ3) is 2.20. The van der Waals surface area contributed by atoms with Gasteiger partial charge in [-0.3, -0.25) is 4.79 Å². The first-order chi connectivity index (χ1) is 8.85. The Kier molecular flexibility index (Phi) is 4.19. The molecule has 4 nitrogen and oxygen atoms in total. The summed E-state index contributed by atoms with van der Waals surface area (Å²) in [4.78, 5) is 12.5. The van der Waals surface area contributed by atoms with Crippen LogP contribution in [0, 0.1) is 11.3 Å². The molecule has 2 rings (SSSR count). The normalized spacial score (nSPS) is 37.3. The summed E-state index contributed by atoms with van der Waals surface area (Å²) in [6, 6.07) is 0. The van der Waals surface area contributed by atoms with Crippen molar-refractivity contribution in [3.63, 3.8) is 0 Å². The van der Waals surface area contributed by atoms with Crippen LogP contribution in [-0.4, -0.2) is 42.2 Å². The minimum Gasteiger partial charge on any atom is -0.377 e. The molecule has 19 heavy (non-hydrogen) atoms. The van der Waals surface area contributed by atoms with Gasteiger partial charge >= 0.3 is 0 Å². The summed E-state index contributed by atoms with van der Waals surface area (Å²) in [5.74, 6) is 0.179. The first-order valence-corrected chi connectivity index (χ1v) is 8.36. The van der Waals surface area contributed by atoms with E-state index in [-0.39, 0.29) is 23.3 Å². The van der Waals surface area contributed by atoms with Gasteiger partial charge in [0, 0.05) is 29.7 Å². The van der Waals surface area contributed by atoms with Gasteiger partial charge in [-0.2, -0.15) is 11.8 Å². The molecule has 5 heteroatoms. The summed E-state index contributed by atoms with van der Waals surface area (Å²) >= 11 is 1.82. The molecule has 110 valence electrons. The van der Waals surface area contributed by atoms with Crippen molar-refractivity contribution < 1.29 is 9.53 Å². The molecule has 0 aromatic heterocycles. The van der Waals surface area contributed by atoms with Crippen molar-refractivity contribution in [1.82, 2.24) is 5.32 Å². The molecule has 0 radical (unpaired) electrons. The highest BCUT2D eigenvalue weighted by Gasteiger charge is 2.71. The van der Waals surface area contributed by atoms with E-state index in [1.165, 1.54) is 0 Å². The summed E-state index contributed by atoms with van der Waals surface area (Å²) in [6.45, 7) is 7.69. The molecule has 1 aliphatic heterocycles. The SMILES string of the molecule is CSC(C)CCNC(=O)C1(N)C2CCOC2C1(C)C. The molecule has 1 saturated heterocycles. The molecule has 3 N–H and O–H groups in total. The van der Waals surface area contributed by atoms with Gasteiger partial charge in [-0.25, -0.2) is 0 Å². The zero-order valence-electron chi connectivity index (χ0n) is 12.4. The smallest absolute Gasteiger partial charge is 0.241 e. The van der Waals surface area contributed by atoms with Gasteiger partial charge in [0.05, 0.1) is 6.10 Å². The van der Waals surface area contributed by atoms with Crippen molar-refractivity contribution in [2.24, 2.45) is 17.1 Å². The van der Waals surface area contributed by atoms with E-state index >= 15 is 0 Å². The van der Waals surface area contributed by atoms with Crippen molar-refractivity contribution in [1.29, 1.82) is 0 Å². The van der Waals surface area contributed by atoms with E-state index in [0.29, 0.717) is 11.8 Å². The Balaban J connectivity index is 1.94. The van der Waals surface area contributed by atoms with E-state index in [1.54, 1.807) is 0 Å². The molecule has 4 unspecified atom stereocenters. The maximum absolute atomic E-state index is 12.5. The second kappa shape index (κ2) is 5.26. The first kappa shape index (κ1) is 15.1. The van der Waals surface area contributed by atoms with Crippen LogP contribution < -0.4 is 11.1 Å². The maximum atomic E-state index is 12.5. The molecular formula is C14H26N2O2S. The van der Waals surface area contributed by atoms with Crippen molar-refractivity contribution in [3.05, 3.63) is 0 Å². The van der Waals surface area contributed by atoms with Crippen LogP contribution in [-0.2, 0) is 9.53 Å². The Morgan fingerprint density at radius 1 is 1.58 bits per heavy atom. The summed E-state index contributed by atoms with van der Waals surface area (Å²) in [5, 5.41) is 3.59. The van der Waals surface area contributed by atoms with Crippen molar-refractivity contribution >= 4 is 17.7 Å². The molecule has 1 amide bonds. The third-order valence-electron chi connectivity index (χ3n) is 5.07. The van der Waals surface area contributed by atoms with E-state index in [1.807, 2.05) is 25.6 Å².